The minimum Gasteiger partial charge on any atom is -0.394 e. The van der Waals surface area contributed by atoms with Gasteiger partial charge >= 0.3 is 0 Å². The molecule has 1 rings (SSSR count). The molecule has 1 aliphatic heterocycles. The Morgan fingerprint density at radius 2 is 1.83 bits per heavy atom. The Morgan fingerprint density at radius 3 is 2.35 bits per heavy atom. The molecule has 0 bridgehead atoms. The zero-order valence-electron chi connectivity index (χ0n) is 12.6. The van der Waals surface area contributed by atoms with Gasteiger partial charge in [-0.1, -0.05) is 0 Å². The van der Waals surface area contributed by atoms with Crippen molar-refractivity contribution in [3.05, 3.63) is 0 Å². The van der Waals surface area contributed by atoms with Crippen molar-refractivity contribution in [1.29, 1.82) is 0 Å². The minimum atomic E-state index is -1.59. The van der Waals surface area contributed by atoms with Gasteiger partial charge in [0, 0.05) is 6.61 Å². The van der Waals surface area contributed by atoms with Crippen LogP contribution in [0.1, 0.15) is 6.92 Å². The maximum atomic E-state index is 10.9. The maximum Gasteiger partial charge on any atom is 0.215 e. The molecule has 0 amide bonds. The molecule has 1 saturated heterocycles. The quantitative estimate of drug-likeness (QED) is 0.239. The van der Waals surface area contributed by atoms with Crippen LogP contribution in [0.4, 0.5) is 0 Å². The first kappa shape index (κ1) is 20.1. The average molecular weight is 338 g/mol. The highest BCUT2D eigenvalue weighted by atomic mass is 16.7. The Morgan fingerprint density at radius 1 is 1.13 bits per heavy atom. The molecule has 0 aromatic rings. The molecule has 10 nitrogen and oxygen atoms in total. The molecule has 4 N–H and O–H groups in total. The molecule has 1 heterocycles. The largest absolute Gasteiger partial charge is 0.394 e. The lowest BCUT2D eigenvalue weighted by molar-refractivity contribution is -0.306. The summed E-state index contributed by atoms with van der Waals surface area (Å²) in [4.78, 5) is 21.6. The van der Waals surface area contributed by atoms with E-state index in [9.17, 15) is 24.9 Å². The fourth-order valence-corrected chi connectivity index (χ4v) is 1.95. The van der Waals surface area contributed by atoms with Crippen LogP contribution in [-0.2, 0) is 28.5 Å². The van der Waals surface area contributed by atoms with Crippen molar-refractivity contribution < 1.29 is 49.0 Å². The molecular formula is C13H22O10. The van der Waals surface area contributed by atoms with Gasteiger partial charge in [-0.2, -0.15) is 0 Å². The number of rotatable bonds is 10. The van der Waals surface area contributed by atoms with Gasteiger partial charge in [0.05, 0.1) is 13.2 Å². The van der Waals surface area contributed by atoms with Crippen LogP contribution in [0.25, 0.3) is 0 Å². The van der Waals surface area contributed by atoms with E-state index in [-0.39, 0.29) is 6.61 Å². The number of aliphatic hydroxyl groups is 4. The molecule has 7 unspecified atom stereocenters. The first-order valence-electron chi connectivity index (χ1n) is 7.08. The van der Waals surface area contributed by atoms with Crippen molar-refractivity contribution in [2.75, 3.05) is 19.8 Å². The Labute approximate surface area is 132 Å². The van der Waals surface area contributed by atoms with E-state index >= 15 is 0 Å². The molecule has 23 heavy (non-hydrogen) atoms. The van der Waals surface area contributed by atoms with E-state index in [1.807, 2.05) is 0 Å². The number of aliphatic hydroxyl groups excluding tert-OH is 4. The molecule has 7 atom stereocenters. The Hall–Kier alpha value is -0.980. The average Bonchev–Trinajstić information content (AvgIpc) is 2.57. The first-order valence-corrected chi connectivity index (χ1v) is 7.08. The van der Waals surface area contributed by atoms with Gasteiger partial charge in [-0.15, -0.1) is 0 Å². The summed E-state index contributed by atoms with van der Waals surface area (Å²) >= 11 is 0. The van der Waals surface area contributed by atoms with Crippen molar-refractivity contribution in [2.45, 2.75) is 50.0 Å². The van der Waals surface area contributed by atoms with E-state index in [4.69, 9.17) is 24.1 Å². The van der Waals surface area contributed by atoms with Gasteiger partial charge in [-0.05, 0) is 6.92 Å². The molecule has 0 aromatic heterocycles. The fourth-order valence-electron chi connectivity index (χ4n) is 1.95. The van der Waals surface area contributed by atoms with Crippen LogP contribution >= 0.6 is 0 Å². The second kappa shape index (κ2) is 10.0. The summed E-state index contributed by atoms with van der Waals surface area (Å²) in [7, 11) is 0. The van der Waals surface area contributed by atoms with Gasteiger partial charge in [0.2, 0.25) is 6.29 Å². The highest BCUT2D eigenvalue weighted by Crippen LogP contribution is 2.22. The number of ether oxygens (including phenoxy) is 4. The molecule has 10 heteroatoms. The standard InChI is InChI=1S/C13H22O10/c1-2-20-9(5-16)22-7(3-14)6-21-13-12(19)11(18)10(17)8(4-15)23-13/h3,5,7-13,15,17-19H,2,4,6H2,1H3. The number of hydrogen-bond acceptors (Lipinski definition) is 10. The predicted molar refractivity (Wildman–Crippen MR) is 72.1 cm³/mol. The number of hydrogen-bond donors (Lipinski definition) is 4. The zero-order valence-corrected chi connectivity index (χ0v) is 12.6. The molecule has 0 saturated carbocycles. The van der Waals surface area contributed by atoms with Crippen molar-refractivity contribution in [3.8, 4) is 0 Å². The number of aldehydes is 2. The lowest BCUT2D eigenvalue weighted by Crippen LogP contribution is -2.59. The third kappa shape index (κ3) is 5.55. The second-order valence-electron chi connectivity index (χ2n) is 4.80. The number of carbonyl (C=O) groups excluding carboxylic acids is 2. The van der Waals surface area contributed by atoms with Gasteiger partial charge < -0.3 is 44.2 Å². The van der Waals surface area contributed by atoms with Crippen LogP contribution < -0.4 is 0 Å². The van der Waals surface area contributed by atoms with E-state index in [0.29, 0.717) is 12.6 Å². The van der Waals surface area contributed by atoms with Crippen LogP contribution in [0.2, 0.25) is 0 Å². The zero-order chi connectivity index (χ0) is 17.4. The molecule has 134 valence electrons. The Kier molecular flexibility index (Phi) is 8.73. The molecule has 0 aromatic carbocycles. The van der Waals surface area contributed by atoms with Crippen LogP contribution in [-0.4, -0.2) is 95.9 Å². The van der Waals surface area contributed by atoms with Gasteiger partial charge in [0.25, 0.3) is 0 Å². The molecular weight excluding hydrogens is 316 g/mol. The van der Waals surface area contributed by atoms with Gasteiger partial charge in [-0.3, -0.25) is 4.79 Å². The van der Waals surface area contributed by atoms with Crippen LogP contribution in [0.3, 0.4) is 0 Å². The molecule has 0 aliphatic carbocycles. The highest BCUT2D eigenvalue weighted by Gasteiger charge is 2.44. The van der Waals surface area contributed by atoms with E-state index < -0.39 is 56.3 Å². The Bertz CT molecular complexity index is 363. The number of carbonyl (C=O) groups is 2. The van der Waals surface area contributed by atoms with Crippen LogP contribution in [0.15, 0.2) is 0 Å². The smallest absolute Gasteiger partial charge is 0.215 e. The lowest BCUT2D eigenvalue weighted by Gasteiger charge is -2.39. The van der Waals surface area contributed by atoms with Crippen LogP contribution in [0, 0.1) is 0 Å². The summed E-state index contributed by atoms with van der Waals surface area (Å²) in [5, 5.41) is 38.0. The molecule has 1 aliphatic rings. The molecule has 0 spiro atoms. The molecule has 0 radical (unpaired) electrons. The fraction of sp³-hybridized carbons (Fsp3) is 0.846. The van der Waals surface area contributed by atoms with Gasteiger partial charge in [0.1, 0.15) is 30.5 Å². The third-order valence-corrected chi connectivity index (χ3v) is 3.18. The van der Waals surface area contributed by atoms with Gasteiger partial charge in [0.15, 0.2) is 18.9 Å². The summed E-state index contributed by atoms with van der Waals surface area (Å²) in [5.41, 5.74) is 0. The Balaban J connectivity index is 2.56. The van der Waals surface area contributed by atoms with E-state index in [1.165, 1.54) is 0 Å². The first-order chi connectivity index (χ1) is 11.0. The maximum absolute atomic E-state index is 10.9. The summed E-state index contributed by atoms with van der Waals surface area (Å²) in [6, 6.07) is 0. The van der Waals surface area contributed by atoms with Crippen molar-refractivity contribution in [3.63, 3.8) is 0 Å². The minimum absolute atomic E-state index is 0.197. The summed E-state index contributed by atoms with van der Waals surface area (Å²) < 4.78 is 20.2. The summed E-state index contributed by atoms with van der Waals surface area (Å²) in [6.07, 6.45) is -8.88. The van der Waals surface area contributed by atoms with Crippen molar-refractivity contribution in [1.82, 2.24) is 0 Å². The van der Waals surface area contributed by atoms with Gasteiger partial charge in [-0.25, -0.2) is 0 Å². The SMILES string of the molecule is CCOC(C=O)OC(C=O)COC1OC(CO)C(O)C(O)C1O. The van der Waals surface area contributed by atoms with E-state index in [2.05, 4.69) is 0 Å². The van der Waals surface area contributed by atoms with Crippen molar-refractivity contribution >= 4 is 12.6 Å². The van der Waals surface area contributed by atoms with E-state index in [0.717, 1.165) is 0 Å². The highest BCUT2D eigenvalue weighted by molar-refractivity contribution is 5.58. The molecule has 1 fully saturated rings. The normalized spacial score (nSPS) is 33.9. The summed E-state index contributed by atoms with van der Waals surface area (Å²) in [6.45, 7) is 0.836. The van der Waals surface area contributed by atoms with Crippen molar-refractivity contribution in [2.24, 2.45) is 0 Å². The second-order valence-corrected chi connectivity index (χ2v) is 4.80. The topological polar surface area (TPSA) is 152 Å². The monoisotopic (exact) mass is 338 g/mol. The lowest BCUT2D eigenvalue weighted by atomic mass is 9.99. The van der Waals surface area contributed by atoms with E-state index in [1.54, 1.807) is 6.92 Å². The predicted octanol–water partition coefficient (Wildman–Crippen LogP) is -3.05. The van der Waals surface area contributed by atoms with Crippen LogP contribution in [0.5, 0.6) is 0 Å². The summed E-state index contributed by atoms with van der Waals surface area (Å²) in [5.74, 6) is 0. The third-order valence-electron chi connectivity index (χ3n) is 3.18.